The Hall–Kier alpha value is -0.903. The second-order valence-corrected chi connectivity index (χ2v) is 10.7. The lowest BCUT2D eigenvalue weighted by atomic mass is 9.96. The van der Waals surface area contributed by atoms with E-state index in [4.69, 9.17) is 4.74 Å². The normalized spacial score (nSPS) is 28.1. The molecule has 2 nitrogen and oxygen atoms in total. The van der Waals surface area contributed by atoms with Crippen LogP contribution in [-0.2, 0) is 4.74 Å². The largest absolute Gasteiger partial charge is 0.368 e. The lowest BCUT2D eigenvalue weighted by molar-refractivity contribution is -0.157. The molecule has 0 saturated carbocycles. The highest BCUT2D eigenvalue weighted by Gasteiger charge is 2.43. The molecule has 1 saturated heterocycles. The van der Waals surface area contributed by atoms with Crippen molar-refractivity contribution in [2.24, 2.45) is 5.92 Å². The molecule has 1 aromatic carbocycles. The molecule has 0 aliphatic carbocycles. The molecule has 1 heterocycles. The van der Waals surface area contributed by atoms with Gasteiger partial charge in [-0.1, -0.05) is 54.7 Å². The van der Waals surface area contributed by atoms with Gasteiger partial charge in [0.25, 0.3) is 0 Å². The van der Waals surface area contributed by atoms with Crippen LogP contribution in [-0.4, -0.2) is 26.1 Å². The Bertz CT molecular complexity index is 416. The van der Waals surface area contributed by atoms with Crippen LogP contribution in [0, 0.1) is 5.92 Å². The summed E-state index contributed by atoms with van der Waals surface area (Å²) in [6.45, 7) is 9.30. The second-order valence-electron chi connectivity index (χ2n) is 5.93. The second kappa shape index (κ2) is 6.03. The summed E-state index contributed by atoms with van der Waals surface area (Å²) in [4.78, 5) is 0. The highest BCUT2D eigenvalue weighted by molar-refractivity contribution is 6.91. The van der Waals surface area contributed by atoms with Gasteiger partial charge in [0.1, 0.15) is 0 Å². The third-order valence-electron chi connectivity index (χ3n) is 4.48. The Labute approximate surface area is 117 Å². The van der Waals surface area contributed by atoms with Gasteiger partial charge in [0, 0.05) is 12.5 Å². The van der Waals surface area contributed by atoms with Crippen LogP contribution < -0.4 is 5.19 Å². The molecule has 1 unspecified atom stereocenters. The zero-order valence-electron chi connectivity index (χ0n) is 11.9. The maximum absolute atomic E-state index is 10.1. The fraction of sp³-hybridized carbons (Fsp3) is 0.500. The lowest BCUT2D eigenvalue weighted by Crippen LogP contribution is -2.52. The predicted octanol–water partition coefficient (Wildman–Crippen LogP) is 2.90. The van der Waals surface area contributed by atoms with Crippen molar-refractivity contribution in [1.29, 1.82) is 0 Å². The van der Waals surface area contributed by atoms with Gasteiger partial charge in [-0.25, -0.2) is 0 Å². The summed E-state index contributed by atoms with van der Waals surface area (Å²) in [7, 11) is -1.61. The molecule has 3 atom stereocenters. The van der Waals surface area contributed by atoms with Gasteiger partial charge in [-0.15, -0.1) is 6.58 Å². The summed E-state index contributed by atoms with van der Waals surface area (Å²) in [6, 6.07) is 10.8. The molecule has 1 aliphatic heterocycles. The van der Waals surface area contributed by atoms with Crippen LogP contribution in [0.2, 0.25) is 18.6 Å². The number of hydrogen-bond acceptors (Lipinski definition) is 2. The summed E-state index contributed by atoms with van der Waals surface area (Å²) in [5.41, 5.74) is 0.539. The third-order valence-corrected chi connectivity index (χ3v) is 8.88. The van der Waals surface area contributed by atoms with Crippen molar-refractivity contribution >= 4 is 13.3 Å². The lowest BCUT2D eigenvalue weighted by Gasteiger charge is -2.43. The van der Waals surface area contributed by atoms with Gasteiger partial charge in [-0.2, -0.15) is 0 Å². The molecule has 3 heteroatoms. The summed E-state index contributed by atoms with van der Waals surface area (Å²) in [5.74, 6) is 0.188. The molecular formula is C16H24O2Si. The zero-order chi connectivity index (χ0) is 13.9. The fourth-order valence-corrected chi connectivity index (χ4v) is 6.99. The first-order valence-corrected chi connectivity index (χ1v) is 10.1. The van der Waals surface area contributed by atoms with Crippen molar-refractivity contribution in [2.45, 2.75) is 37.8 Å². The average molecular weight is 276 g/mol. The maximum Gasteiger partial charge on any atom is 0.157 e. The molecule has 0 amide bonds. The van der Waals surface area contributed by atoms with E-state index in [1.54, 1.807) is 0 Å². The van der Waals surface area contributed by atoms with E-state index in [1.807, 2.05) is 6.08 Å². The number of rotatable bonds is 4. The molecule has 2 rings (SSSR count). The Morgan fingerprint density at radius 2 is 2.05 bits per heavy atom. The van der Waals surface area contributed by atoms with Crippen molar-refractivity contribution in [3.63, 3.8) is 0 Å². The number of ether oxygens (including phenoxy) is 1. The van der Waals surface area contributed by atoms with E-state index in [0.717, 1.165) is 12.8 Å². The van der Waals surface area contributed by atoms with Gasteiger partial charge in [-0.3, -0.25) is 0 Å². The monoisotopic (exact) mass is 276 g/mol. The van der Waals surface area contributed by atoms with Gasteiger partial charge >= 0.3 is 0 Å². The van der Waals surface area contributed by atoms with E-state index >= 15 is 0 Å². The minimum atomic E-state index is -1.61. The molecule has 0 aromatic heterocycles. The van der Waals surface area contributed by atoms with Crippen molar-refractivity contribution in [3.8, 4) is 0 Å². The third kappa shape index (κ3) is 2.99. The first kappa shape index (κ1) is 14.5. The molecule has 19 heavy (non-hydrogen) atoms. The van der Waals surface area contributed by atoms with Crippen molar-refractivity contribution in [3.05, 3.63) is 43.0 Å². The molecule has 0 radical (unpaired) electrons. The Kier molecular flexibility index (Phi) is 4.61. The van der Waals surface area contributed by atoms with Gasteiger partial charge in [0.05, 0.1) is 8.07 Å². The van der Waals surface area contributed by atoms with Crippen LogP contribution in [0.1, 0.15) is 12.8 Å². The minimum Gasteiger partial charge on any atom is -0.368 e. The van der Waals surface area contributed by atoms with Crippen molar-refractivity contribution < 1.29 is 9.84 Å². The van der Waals surface area contributed by atoms with Crippen LogP contribution in [0.3, 0.4) is 0 Å². The highest BCUT2D eigenvalue weighted by Crippen LogP contribution is 2.40. The molecule has 0 spiro atoms. The first-order valence-electron chi connectivity index (χ1n) is 7.03. The Balaban J connectivity index is 2.28. The highest BCUT2D eigenvalue weighted by atomic mass is 28.3. The summed E-state index contributed by atoms with van der Waals surface area (Å²) in [6.07, 6.45) is 3.15. The van der Waals surface area contributed by atoms with Crippen LogP contribution in [0.4, 0.5) is 0 Å². The zero-order valence-corrected chi connectivity index (χ0v) is 12.9. The minimum absolute atomic E-state index is 0.188. The maximum atomic E-state index is 10.1. The molecule has 104 valence electrons. The fourth-order valence-electron chi connectivity index (χ4n) is 3.30. The van der Waals surface area contributed by atoms with Crippen molar-refractivity contribution in [2.75, 3.05) is 6.61 Å². The van der Waals surface area contributed by atoms with Gasteiger partial charge in [0.2, 0.25) is 0 Å². The Morgan fingerprint density at radius 3 is 2.68 bits per heavy atom. The number of benzene rings is 1. The standard InChI is InChI=1S/C16H24O2Si/c1-4-8-14-15(11-12-18-16(14)17)19(2,3)13-9-6-5-7-10-13/h4-7,9-10,14-17H,1,8,11-12H2,2-3H3/t14-,15+,16?/m0/s1. The Morgan fingerprint density at radius 1 is 1.37 bits per heavy atom. The van der Waals surface area contributed by atoms with Crippen molar-refractivity contribution in [1.82, 2.24) is 0 Å². The van der Waals surface area contributed by atoms with Gasteiger partial charge in [-0.05, 0) is 18.4 Å². The van der Waals surface area contributed by atoms with Crippen LogP contribution in [0.5, 0.6) is 0 Å². The van der Waals surface area contributed by atoms with E-state index in [1.165, 1.54) is 5.19 Å². The van der Waals surface area contributed by atoms with Crippen LogP contribution in [0.15, 0.2) is 43.0 Å². The van der Waals surface area contributed by atoms with E-state index in [2.05, 4.69) is 50.0 Å². The summed E-state index contributed by atoms with van der Waals surface area (Å²) in [5, 5.41) is 11.6. The topological polar surface area (TPSA) is 29.5 Å². The molecular weight excluding hydrogens is 252 g/mol. The van der Waals surface area contributed by atoms with Crippen LogP contribution in [0.25, 0.3) is 0 Å². The molecule has 1 aliphatic rings. The number of allylic oxidation sites excluding steroid dienone is 1. The van der Waals surface area contributed by atoms with Gasteiger partial charge in [0.15, 0.2) is 6.29 Å². The average Bonchev–Trinajstić information content (AvgIpc) is 2.42. The van der Waals surface area contributed by atoms with E-state index in [9.17, 15) is 5.11 Å². The number of aliphatic hydroxyl groups excluding tert-OH is 1. The van der Waals surface area contributed by atoms with Gasteiger partial charge < -0.3 is 9.84 Å². The van der Waals surface area contributed by atoms with E-state index in [-0.39, 0.29) is 5.92 Å². The molecule has 1 aromatic rings. The van der Waals surface area contributed by atoms with E-state index in [0.29, 0.717) is 12.1 Å². The first-order chi connectivity index (χ1) is 9.07. The number of hydrogen-bond donors (Lipinski definition) is 1. The molecule has 1 fully saturated rings. The van der Waals surface area contributed by atoms with Crippen LogP contribution >= 0.6 is 0 Å². The smallest absolute Gasteiger partial charge is 0.157 e. The quantitative estimate of drug-likeness (QED) is 0.677. The SMILES string of the molecule is C=CC[C@@H]1C(O)OCC[C@H]1[Si](C)(C)c1ccccc1. The number of aliphatic hydroxyl groups is 1. The summed E-state index contributed by atoms with van der Waals surface area (Å²) >= 11 is 0. The molecule has 1 N–H and O–H groups in total. The molecule has 0 bridgehead atoms. The van der Waals surface area contributed by atoms with E-state index < -0.39 is 14.4 Å². The summed E-state index contributed by atoms with van der Waals surface area (Å²) < 4.78 is 5.43. The predicted molar refractivity (Wildman–Crippen MR) is 82.2 cm³/mol.